The van der Waals surface area contributed by atoms with E-state index in [1.807, 2.05) is 0 Å². The molecule has 0 saturated heterocycles. The number of phenols is 2. The molecule has 0 aromatic heterocycles. The number of anilines is 1. The topological polar surface area (TPSA) is 107 Å². The summed E-state index contributed by atoms with van der Waals surface area (Å²) in [6, 6.07) is 9.30. The van der Waals surface area contributed by atoms with Gasteiger partial charge in [0.2, 0.25) is 0 Å². The SMILES string of the molecule is O=C(O)c1cccc(NC(=O)c2ccc(O)cc2O)c1. The third-order valence-corrected chi connectivity index (χ3v) is 2.59. The van der Waals surface area contributed by atoms with Crippen molar-refractivity contribution >= 4 is 17.6 Å². The summed E-state index contributed by atoms with van der Waals surface area (Å²) < 4.78 is 0. The summed E-state index contributed by atoms with van der Waals surface area (Å²) in [4.78, 5) is 22.7. The Kier molecular flexibility index (Phi) is 3.56. The Labute approximate surface area is 113 Å². The Balaban J connectivity index is 2.23. The van der Waals surface area contributed by atoms with E-state index >= 15 is 0 Å². The number of aromatic hydroxyl groups is 2. The lowest BCUT2D eigenvalue weighted by Gasteiger charge is -2.07. The van der Waals surface area contributed by atoms with Crippen LogP contribution in [-0.2, 0) is 0 Å². The van der Waals surface area contributed by atoms with Gasteiger partial charge in [0.25, 0.3) is 5.91 Å². The van der Waals surface area contributed by atoms with Gasteiger partial charge in [-0.15, -0.1) is 0 Å². The molecule has 2 rings (SSSR count). The first-order chi connectivity index (χ1) is 9.47. The van der Waals surface area contributed by atoms with E-state index in [2.05, 4.69) is 5.32 Å². The Morgan fingerprint density at radius 1 is 1.00 bits per heavy atom. The van der Waals surface area contributed by atoms with Crippen LogP contribution in [0.3, 0.4) is 0 Å². The van der Waals surface area contributed by atoms with Crippen molar-refractivity contribution in [1.82, 2.24) is 0 Å². The first kappa shape index (κ1) is 13.4. The average Bonchev–Trinajstić information content (AvgIpc) is 2.38. The van der Waals surface area contributed by atoms with Crippen LogP contribution in [0.1, 0.15) is 20.7 Å². The molecule has 0 fully saturated rings. The highest BCUT2D eigenvalue weighted by atomic mass is 16.4. The van der Waals surface area contributed by atoms with Crippen molar-refractivity contribution in [2.24, 2.45) is 0 Å². The molecule has 1 amide bonds. The fourth-order valence-electron chi connectivity index (χ4n) is 1.64. The molecule has 102 valence electrons. The maximum atomic E-state index is 11.9. The van der Waals surface area contributed by atoms with Crippen LogP contribution in [0.4, 0.5) is 5.69 Å². The van der Waals surface area contributed by atoms with Crippen molar-refractivity contribution in [2.45, 2.75) is 0 Å². The van der Waals surface area contributed by atoms with Crippen molar-refractivity contribution in [3.05, 3.63) is 53.6 Å². The van der Waals surface area contributed by atoms with Crippen LogP contribution in [-0.4, -0.2) is 27.2 Å². The summed E-state index contributed by atoms with van der Waals surface area (Å²) >= 11 is 0. The Morgan fingerprint density at radius 2 is 1.75 bits per heavy atom. The maximum absolute atomic E-state index is 11.9. The van der Waals surface area contributed by atoms with Crippen LogP contribution in [0.2, 0.25) is 0 Å². The van der Waals surface area contributed by atoms with Gasteiger partial charge in [0, 0.05) is 11.8 Å². The number of rotatable bonds is 3. The monoisotopic (exact) mass is 273 g/mol. The molecule has 20 heavy (non-hydrogen) atoms. The summed E-state index contributed by atoms with van der Waals surface area (Å²) in [6.45, 7) is 0. The molecule has 0 aliphatic carbocycles. The van der Waals surface area contributed by atoms with Gasteiger partial charge in [-0.3, -0.25) is 4.79 Å². The minimum absolute atomic E-state index is 0.0245. The molecule has 4 N–H and O–H groups in total. The zero-order valence-electron chi connectivity index (χ0n) is 10.2. The van der Waals surface area contributed by atoms with Gasteiger partial charge in [-0.2, -0.15) is 0 Å². The summed E-state index contributed by atoms with van der Waals surface area (Å²) in [5.74, 6) is -2.23. The molecule has 0 unspecified atom stereocenters. The number of carbonyl (C=O) groups is 2. The fraction of sp³-hybridized carbons (Fsp3) is 0. The quantitative estimate of drug-likeness (QED) is 0.684. The van der Waals surface area contributed by atoms with E-state index in [1.54, 1.807) is 0 Å². The summed E-state index contributed by atoms with van der Waals surface area (Å²) in [7, 11) is 0. The number of amides is 1. The van der Waals surface area contributed by atoms with E-state index in [9.17, 15) is 14.7 Å². The van der Waals surface area contributed by atoms with Gasteiger partial charge in [0.1, 0.15) is 11.5 Å². The van der Waals surface area contributed by atoms with Crippen molar-refractivity contribution in [1.29, 1.82) is 0 Å². The van der Waals surface area contributed by atoms with Crippen molar-refractivity contribution in [3.63, 3.8) is 0 Å². The zero-order valence-corrected chi connectivity index (χ0v) is 10.2. The summed E-state index contributed by atoms with van der Waals surface area (Å²) in [5.41, 5.74) is 0.309. The predicted molar refractivity (Wildman–Crippen MR) is 71.1 cm³/mol. The highest BCUT2D eigenvalue weighted by molar-refractivity contribution is 6.06. The molecule has 0 aliphatic heterocycles. The molecule has 2 aromatic carbocycles. The number of nitrogens with one attached hydrogen (secondary N) is 1. The molecule has 6 heteroatoms. The first-order valence-corrected chi connectivity index (χ1v) is 5.64. The van der Waals surface area contributed by atoms with Crippen LogP contribution in [0, 0.1) is 0 Å². The van der Waals surface area contributed by atoms with Crippen molar-refractivity contribution in [3.8, 4) is 11.5 Å². The normalized spacial score (nSPS) is 10.0. The van der Waals surface area contributed by atoms with Crippen LogP contribution in [0.15, 0.2) is 42.5 Å². The lowest BCUT2D eigenvalue weighted by molar-refractivity contribution is 0.0696. The number of carbonyl (C=O) groups excluding carboxylic acids is 1. The van der Waals surface area contributed by atoms with Gasteiger partial charge in [-0.25, -0.2) is 4.79 Å². The fourth-order valence-corrected chi connectivity index (χ4v) is 1.64. The third kappa shape index (κ3) is 2.86. The maximum Gasteiger partial charge on any atom is 0.335 e. The van der Waals surface area contributed by atoms with Gasteiger partial charge in [-0.05, 0) is 30.3 Å². The van der Waals surface area contributed by atoms with Gasteiger partial charge in [-0.1, -0.05) is 6.07 Å². The number of hydrogen-bond donors (Lipinski definition) is 4. The Morgan fingerprint density at radius 3 is 2.40 bits per heavy atom. The van der Waals surface area contributed by atoms with Crippen molar-refractivity contribution in [2.75, 3.05) is 5.32 Å². The van der Waals surface area contributed by atoms with Crippen LogP contribution in [0.25, 0.3) is 0 Å². The number of benzene rings is 2. The molecule has 0 saturated carbocycles. The number of hydrogen-bond acceptors (Lipinski definition) is 4. The van der Waals surface area contributed by atoms with Crippen LogP contribution in [0.5, 0.6) is 11.5 Å². The Hall–Kier alpha value is -3.02. The smallest absolute Gasteiger partial charge is 0.335 e. The molecule has 2 aromatic rings. The Bertz CT molecular complexity index is 681. The van der Waals surface area contributed by atoms with E-state index in [0.717, 1.165) is 6.07 Å². The van der Waals surface area contributed by atoms with Gasteiger partial charge in [0.15, 0.2) is 0 Å². The van der Waals surface area contributed by atoms with Crippen LogP contribution < -0.4 is 5.32 Å². The second-order valence-corrected chi connectivity index (χ2v) is 4.04. The molecule has 0 bridgehead atoms. The highest BCUT2D eigenvalue weighted by Gasteiger charge is 2.12. The molecular weight excluding hydrogens is 262 g/mol. The standard InChI is InChI=1S/C14H11NO5/c16-10-4-5-11(12(17)7-10)13(18)15-9-3-1-2-8(6-9)14(19)20/h1-7,16-17H,(H,15,18)(H,19,20). The number of carboxylic acid groups (broad SMARTS) is 1. The van der Waals surface area contributed by atoms with Gasteiger partial charge < -0.3 is 20.6 Å². The van der Waals surface area contributed by atoms with Crippen LogP contribution >= 0.6 is 0 Å². The molecule has 6 nitrogen and oxygen atoms in total. The van der Waals surface area contributed by atoms with E-state index in [4.69, 9.17) is 10.2 Å². The van der Waals surface area contributed by atoms with Crippen molar-refractivity contribution < 1.29 is 24.9 Å². The molecule has 0 spiro atoms. The van der Waals surface area contributed by atoms with E-state index in [0.29, 0.717) is 5.69 Å². The third-order valence-electron chi connectivity index (χ3n) is 2.59. The second kappa shape index (κ2) is 5.31. The number of aromatic carboxylic acids is 1. The van der Waals surface area contributed by atoms with E-state index in [1.165, 1.54) is 36.4 Å². The molecule has 0 radical (unpaired) electrons. The molecule has 0 aliphatic rings. The first-order valence-electron chi connectivity index (χ1n) is 5.64. The minimum Gasteiger partial charge on any atom is -0.508 e. The lowest BCUT2D eigenvalue weighted by atomic mass is 10.1. The molecule has 0 atom stereocenters. The summed E-state index contributed by atoms with van der Waals surface area (Å²) in [6.07, 6.45) is 0. The lowest BCUT2D eigenvalue weighted by Crippen LogP contribution is -2.12. The molecular formula is C14H11NO5. The van der Waals surface area contributed by atoms with E-state index < -0.39 is 11.9 Å². The predicted octanol–water partition coefficient (Wildman–Crippen LogP) is 2.05. The highest BCUT2D eigenvalue weighted by Crippen LogP contribution is 2.23. The van der Waals surface area contributed by atoms with Gasteiger partial charge >= 0.3 is 5.97 Å². The summed E-state index contributed by atoms with van der Waals surface area (Å²) in [5, 5.41) is 30.0. The number of phenolic OH excluding ortho intramolecular Hbond substituents is 2. The largest absolute Gasteiger partial charge is 0.508 e. The molecule has 0 heterocycles. The minimum atomic E-state index is -1.10. The van der Waals surface area contributed by atoms with E-state index in [-0.39, 0.29) is 22.6 Å². The van der Waals surface area contributed by atoms with Gasteiger partial charge in [0.05, 0.1) is 11.1 Å². The number of carboxylic acids is 1. The second-order valence-electron chi connectivity index (χ2n) is 4.04. The zero-order chi connectivity index (χ0) is 14.7. The average molecular weight is 273 g/mol.